The SMILES string of the molecule is Clc1nccnc1Cl.Clc1nccnc1Nc1ccccc1.Nc1ccccc1. The van der Waals surface area contributed by atoms with Crippen LogP contribution in [0, 0.1) is 0 Å². The summed E-state index contributed by atoms with van der Waals surface area (Å²) in [4.78, 5) is 15.3. The van der Waals surface area contributed by atoms with E-state index < -0.39 is 0 Å². The Morgan fingerprint density at radius 3 is 1.45 bits per heavy atom. The fourth-order valence-electron chi connectivity index (χ4n) is 1.82. The zero-order valence-electron chi connectivity index (χ0n) is 15.1. The number of nitrogen functional groups attached to an aromatic ring is 1. The average Bonchev–Trinajstić information content (AvgIpc) is 2.74. The Morgan fingerprint density at radius 1 is 0.586 bits per heavy atom. The molecule has 3 N–H and O–H groups in total. The zero-order valence-corrected chi connectivity index (χ0v) is 17.4. The fraction of sp³-hybridized carbons (Fsp3) is 0. The average molecular weight is 448 g/mol. The van der Waals surface area contributed by atoms with E-state index in [1.165, 1.54) is 12.4 Å². The maximum absolute atomic E-state index is 5.84. The molecule has 6 nitrogen and oxygen atoms in total. The van der Waals surface area contributed by atoms with Crippen LogP contribution in [0.15, 0.2) is 85.5 Å². The smallest absolute Gasteiger partial charge is 0.171 e. The fourth-order valence-corrected chi connectivity index (χ4v) is 2.18. The first-order valence-corrected chi connectivity index (χ1v) is 9.40. The van der Waals surface area contributed by atoms with Crippen molar-refractivity contribution in [2.45, 2.75) is 0 Å². The van der Waals surface area contributed by atoms with Crippen LogP contribution >= 0.6 is 34.8 Å². The summed E-state index contributed by atoms with van der Waals surface area (Å²) in [5, 5.41) is 3.93. The molecule has 4 rings (SSSR count). The van der Waals surface area contributed by atoms with Gasteiger partial charge in [-0.05, 0) is 24.3 Å². The summed E-state index contributed by atoms with van der Waals surface area (Å²) < 4.78 is 0. The van der Waals surface area contributed by atoms with E-state index >= 15 is 0 Å². The lowest BCUT2D eigenvalue weighted by Crippen LogP contribution is -1.94. The number of anilines is 3. The summed E-state index contributed by atoms with van der Waals surface area (Å²) in [6, 6.07) is 19.2. The highest BCUT2D eigenvalue weighted by molar-refractivity contribution is 6.40. The molecule has 0 atom stereocenters. The van der Waals surface area contributed by atoms with Crippen molar-refractivity contribution in [1.82, 2.24) is 19.9 Å². The van der Waals surface area contributed by atoms with E-state index in [0.717, 1.165) is 11.4 Å². The van der Waals surface area contributed by atoms with Crippen molar-refractivity contribution < 1.29 is 0 Å². The Balaban J connectivity index is 0.000000170. The Bertz CT molecular complexity index is 966. The number of rotatable bonds is 2. The van der Waals surface area contributed by atoms with E-state index in [1.807, 2.05) is 60.7 Å². The van der Waals surface area contributed by atoms with E-state index in [-0.39, 0.29) is 10.3 Å². The van der Waals surface area contributed by atoms with Crippen LogP contribution in [0.25, 0.3) is 0 Å². The molecule has 0 fully saturated rings. The van der Waals surface area contributed by atoms with Gasteiger partial charge in [-0.2, -0.15) is 0 Å². The van der Waals surface area contributed by atoms with E-state index in [4.69, 9.17) is 40.5 Å². The third-order valence-corrected chi connectivity index (χ3v) is 4.03. The number of hydrogen-bond donors (Lipinski definition) is 2. The number of hydrogen-bond acceptors (Lipinski definition) is 6. The molecule has 0 aliphatic heterocycles. The third-order valence-electron chi connectivity index (χ3n) is 3.10. The van der Waals surface area contributed by atoms with Crippen LogP contribution in [0.2, 0.25) is 15.5 Å². The maximum Gasteiger partial charge on any atom is 0.171 e. The van der Waals surface area contributed by atoms with Crippen LogP contribution in [-0.4, -0.2) is 19.9 Å². The van der Waals surface area contributed by atoms with Crippen LogP contribution in [0.5, 0.6) is 0 Å². The number of benzene rings is 2. The number of nitrogens with zero attached hydrogens (tertiary/aromatic N) is 4. The Labute approximate surface area is 183 Å². The standard InChI is InChI=1S/C10H8ClN3.C6H7N.C4H2Cl2N2/c11-9-10(13-7-6-12-9)14-8-4-2-1-3-5-8;7-6-4-2-1-3-5-6;5-3-4(6)8-2-1-7-3/h1-7H,(H,13,14);1-5H,7H2;1-2H. The minimum absolute atomic E-state index is 0.245. The molecule has 0 amide bonds. The lowest BCUT2D eigenvalue weighted by atomic mass is 10.3. The normalized spacial score (nSPS) is 9.34. The second kappa shape index (κ2) is 12.5. The molecular formula is C20H17Cl3N6. The largest absolute Gasteiger partial charge is 0.399 e. The van der Waals surface area contributed by atoms with Crippen molar-refractivity contribution in [3.8, 4) is 0 Å². The molecule has 2 heterocycles. The Kier molecular flexibility index (Phi) is 9.65. The molecule has 148 valence electrons. The van der Waals surface area contributed by atoms with Crippen LogP contribution in [0.1, 0.15) is 0 Å². The molecule has 0 bridgehead atoms. The zero-order chi connectivity index (χ0) is 20.9. The molecule has 2 aromatic carbocycles. The third kappa shape index (κ3) is 8.74. The summed E-state index contributed by atoms with van der Waals surface area (Å²) in [6.45, 7) is 0. The molecule has 2 aromatic heterocycles. The number of halogens is 3. The second-order valence-corrected chi connectivity index (χ2v) is 6.31. The molecule has 0 radical (unpaired) electrons. The van der Waals surface area contributed by atoms with Gasteiger partial charge in [0.25, 0.3) is 0 Å². The van der Waals surface area contributed by atoms with Gasteiger partial charge in [-0.15, -0.1) is 0 Å². The van der Waals surface area contributed by atoms with Crippen molar-refractivity contribution in [2.75, 3.05) is 11.1 Å². The summed E-state index contributed by atoms with van der Waals surface area (Å²) >= 11 is 16.6. The van der Waals surface area contributed by atoms with Crippen molar-refractivity contribution in [1.29, 1.82) is 0 Å². The highest BCUT2D eigenvalue weighted by atomic mass is 35.5. The number of nitrogens with two attached hydrogens (primary N) is 1. The monoisotopic (exact) mass is 446 g/mol. The minimum atomic E-state index is 0.245. The summed E-state index contributed by atoms with van der Waals surface area (Å²) in [6.07, 6.45) is 6.11. The van der Waals surface area contributed by atoms with Crippen molar-refractivity contribution >= 4 is 52.0 Å². The molecular weight excluding hydrogens is 431 g/mol. The lowest BCUT2D eigenvalue weighted by molar-refractivity contribution is 1.20. The first kappa shape index (κ1) is 22.4. The molecule has 9 heteroatoms. The summed E-state index contributed by atoms with van der Waals surface area (Å²) in [5.41, 5.74) is 7.12. The quantitative estimate of drug-likeness (QED) is 0.370. The summed E-state index contributed by atoms with van der Waals surface area (Å²) in [7, 11) is 0. The molecule has 4 aromatic rings. The van der Waals surface area contributed by atoms with E-state index in [0.29, 0.717) is 11.0 Å². The Morgan fingerprint density at radius 2 is 1.03 bits per heavy atom. The van der Waals surface area contributed by atoms with Gasteiger partial charge in [-0.25, -0.2) is 19.9 Å². The Hall–Kier alpha value is -2.93. The van der Waals surface area contributed by atoms with Gasteiger partial charge in [0.15, 0.2) is 21.3 Å². The topological polar surface area (TPSA) is 89.6 Å². The first-order valence-electron chi connectivity index (χ1n) is 8.27. The predicted octanol–water partition coefficient (Wildman–Crippen LogP) is 5.93. The highest BCUT2D eigenvalue weighted by Crippen LogP contribution is 2.19. The first-order chi connectivity index (χ1) is 14.1. The highest BCUT2D eigenvalue weighted by Gasteiger charge is 2.00. The molecule has 0 unspecified atom stereocenters. The molecule has 0 aliphatic carbocycles. The van der Waals surface area contributed by atoms with E-state index in [2.05, 4.69) is 25.3 Å². The number of nitrogens with one attached hydrogen (secondary N) is 1. The molecule has 0 aliphatic rings. The molecule has 29 heavy (non-hydrogen) atoms. The second-order valence-electron chi connectivity index (χ2n) is 5.24. The molecule has 0 saturated carbocycles. The van der Waals surface area contributed by atoms with Crippen LogP contribution < -0.4 is 11.1 Å². The van der Waals surface area contributed by atoms with Gasteiger partial charge in [0.1, 0.15) is 0 Å². The number of para-hydroxylation sites is 2. The van der Waals surface area contributed by atoms with Gasteiger partial charge in [0, 0.05) is 36.2 Å². The van der Waals surface area contributed by atoms with Gasteiger partial charge in [-0.3, -0.25) is 0 Å². The van der Waals surface area contributed by atoms with Crippen LogP contribution in [0.3, 0.4) is 0 Å². The van der Waals surface area contributed by atoms with Gasteiger partial charge in [-0.1, -0.05) is 71.2 Å². The predicted molar refractivity (Wildman–Crippen MR) is 120 cm³/mol. The van der Waals surface area contributed by atoms with Gasteiger partial charge < -0.3 is 11.1 Å². The van der Waals surface area contributed by atoms with Crippen molar-refractivity contribution in [3.05, 3.63) is 101 Å². The summed E-state index contributed by atoms with van der Waals surface area (Å²) in [5.74, 6) is 0.570. The minimum Gasteiger partial charge on any atom is -0.399 e. The molecule has 0 saturated heterocycles. The van der Waals surface area contributed by atoms with Crippen molar-refractivity contribution in [3.63, 3.8) is 0 Å². The van der Waals surface area contributed by atoms with E-state index in [1.54, 1.807) is 12.4 Å². The van der Waals surface area contributed by atoms with Gasteiger partial charge >= 0.3 is 0 Å². The molecule has 0 spiro atoms. The van der Waals surface area contributed by atoms with Crippen LogP contribution in [-0.2, 0) is 0 Å². The number of aromatic nitrogens is 4. The van der Waals surface area contributed by atoms with Gasteiger partial charge in [0.2, 0.25) is 0 Å². The van der Waals surface area contributed by atoms with Crippen molar-refractivity contribution in [2.24, 2.45) is 0 Å². The van der Waals surface area contributed by atoms with E-state index in [9.17, 15) is 0 Å². The maximum atomic E-state index is 5.84. The van der Waals surface area contributed by atoms with Gasteiger partial charge in [0.05, 0.1) is 0 Å². The lowest BCUT2D eigenvalue weighted by Gasteiger charge is -2.05. The van der Waals surface area contributed by atoms with Crippen LogP contribution in [0.4, 0.5) is 17.2 Å².